The van der Waals surface area contributed by atoms with Gasteiger partial charge in [-0.05, 0) is 219 Å². The van der Waals surface area contributed by atoms with Gasteiger partial charge in [-0.3, -0.25) is 4.79 Å². The van der Waals surface area contributed by atoms with Crippen LogP contribution in [0, 0.1) is 39.0 Å². The molecule has 8 aromatic rings. The Bertz CT molecular complexity index is 3930. The predicted octanol–water partition coefficient (Wildman–Crippen LogP) is 20.9. The maximum atomic E-state index is 11.3. The number of unbranched alkanes of at least 4 members (excludes halogenated alkanes) is 3. The van der Waals surface area contributed by atoms with Crippen LogP contribution in [-0.4, -0.2) is 35.0 Å². The van der Waals surface area contributed by atoms with Crippen molar-refractivity contribution in [3.63, 3.8) is 0 Å². The molecule has 0 saturated carbocycles. The Hall–Kier alpha value is -2.35. The molecule has 0 bridgehead atoms. The molecule has 0 spiro atoms. The van der Waals surface area contributed by atoms with E-state index in [4.69, 9.17) is 19.4 Å². The van der Waals surface area contributed by atoms with Crippen molar-refractivity contribution in [1.82, 2.24) is 0 Å². The van der Waals surface area contributed by atoms with Crippen molar-refractivity contribution in [1.29, 1.82) is 0 Å². The monoisotopic (exact) mass is 1810 g/mol. The molecule has 1 aliphatic rings. The number of carbonyl (C=O) groups is 1. The number of fused-ring (bicyclic) bond motifs is 4. The van der Waals surface area contributed by atoms with Crippen LogP contribution in [0.4, 0.5) is 0 Å². The zero-order valence-electron chi connectivity index (χ0n) is 72.4. The van der Waals surface area contributed by atoms with Crippen molar-refractivity contribution in [2.45, 2.75) is 303 Å². The van der Waals surface area contributed by atoms with E-state index in [1.165, 1.54) is 100 Å². The van der Waals surface area contributed by atoms with Crippen molar-refractivity contribution in [2.75, 3.05) is 0 Å². The molecule has 0 radical (unpaired) electrons. The third-order valence-electron chi connectivity index (χ3n) is 18.7. The zero-order chi connectivity index (χ0) is 76.8. The van der Waals surface area contributed by atoms with E-state index >= 15 is 0 Å². The molecular formula is C93H140BBrNa2O7PdPt-4. The van der Waals surface area contributed by atoms with Crippen LogP contribution in [0.25, 0.3) is 54.2 Å². The second-order valence-electron chi connectivity index (χ2n) is 36.3. The van der Waals surface area contributed by atoms with Gasteiger partial charge in [0.2, 0.25) is 0 Å². The number of halogens is 1. The Morgan fingerprint density at radius 3 is 1.12 bits per heavy atom. The molecule has 0 unspecified atom stereocenters. The maximum Gasteiger partial charge on any atom is 1.00 e. The summed E-state index contributed by atoms with van der Waals surface area (Å²) >= 11 is 3.86. The average Bonchev–Trinajstić information content (AvgIpc) is 0.956. The fourth-order valence-corrected chi connectivity index (χ4v) is 13.2. The van der Waals surface area contributed by atoms with Gasteiger partial charge in [-0.25, -0.2) is 0 Å². The molecular weight excluding hydrogens is 1670 g/mol. The molecule has 106 heavy (non-hydrogen) atoms. The Labute approximate surface area is 731 Å². The minimum absolute atomic E-state index is 0. The van der Waals surface area contributed by atoms with E-state index in [1.54, 1.807) is 6.07 Å². The number of phenolic OH excluding ortho intramolecular Hbond substituents is 2. The van der Waals surface area contributed by atoms with Gasteiger partial charge in [-0.15, -0.1) is 0 Å². The molecule has 0 atom stereocenters. The summed E-state index contributed by atoms with van der Waals surface area (Å²) in [5.74, 6) is 0.564. The van der Waals surface area contributed by atoms with E-state index in [9.17, 15) is 10.2 Å². The van der Waals surface area contributed by atoms with Gasteiger partial charge in [0.1, 0.15) is 11.5 Å². The standard InChI is InChI=1S/C36H46O.C22H25Br.C20H33BO3.3C4H9.CH2O3.CH4.CH3.2Na.Pd.Pt.H/c1-33(2,3)22-36(10,11)27-15-17-31(37)30(21-27)32-28-16-14-25(34(4,5)6)19-24(28)18-23-12-13-26(20-29(23)32)35(7,8)9;1-21(2,3)16-9-10-18-15(12-16)11-14-7-8-17(22(4,5)6)13-19(14)20(18)23;1-17(2,3)13-18(4,5)14-10-11-16(22)15(12-14)21-23-19(6,7)20(8,9)24-21;3*1-3-4-2;2-1-4-3;;;;;;;/h12-21,37H,22H2,1-11H3;7-13H,1-6H3;10-12,22H,13H2,1-9H3;3*1,3-4H2,2H3;1,3H;1H4;1H3;;;;;/q;;;3*-1;;;-1;2*+1;;;-1/p-1. The van der Waals surface area contributed by atoms with Gasteiger partial charge >= 0.3 is 66.2 Å². The largest absolute Gasteiger partial charge is 1.00 e. The number of carbonyl (C=O) groups excluding carboxylic acids is 1. The van der Waals surface area contributed by atoms with Crippen LogP contribution in [0.3, 0.4) is 0 Å². The molecule has 1 aliphatic heterocycles. The minimum Gasteiger partial charge on any atom is -1.00 e. The molecule has 0 aromatic heterocycles. The average molecular weight is 1810 g/mol. The van der Waals surface area contributed by atoms with Gasteiger partial charge in [0.25, 0.3) is 6.47 Å². The van der Waals surface area contributed by atoms with E-state index in [-0.39, 0.29) is 172 Å². The first-order valence-electron chi connectivity index (χ1n) is 36.6. The fourth-order valence-electron chi connectivity index (χ4n) is 12.5. The molecule has 0 amide bonds. The third-order valence-corrected chi connectivity index (χ3v) is 19.6. The minimum atomic E-state index is -0.541. The summed E-state index contributed by atoms with van der Waals surface area (Å²) in [6, 6.07) is 44.1. The van der Waals surface area contributed by atoms with E-state index in [0.717, 1.165) is 43.2 Å². The van der Waals surface area contributed by atoms with E-state index < -0.39 is 18.3 Å². The quantitative estimate of drug-likeness (QED) is 0.0351. The van der Waals surface area contributed by atoms with Crippen LogP contribution in [-0.2, 0) is 93.0 Å². The molecule has 2 N–H and O–H groups in total. The summed E-state index contributed by atoms with van der Waals surface area (Å²) < 4.78 is 13.4. The van der Waals surface area contributed by atoms with Gasteiger partial charge in [0, 0.05) is 62.6 Å². The molecule has 13 heteroatoms. The first-order chi connectivity index (χ1) is 45.7. The number of benzene rings is 8. The van der Waals surface area contributed by atoms with Crippen molar-refractivity contribution in [3.8, 4) is 22.6 Å². The summed E-state index contributed by atoms with van der Waals surface area (Å²) in [5.41, 5.74) is 10.6. The molecule has 8 aromatic carbocycles. The van der Waals surface area contributed by atoms with Crippen LogP contribution >= 0.6 is 15.9 Å². The SMILES string of the molecule is C.CC(C)(C)CC(C)(C)c1ccc(O)c(-c2c3ccc(C(C)(C)C)cc3cc3ccc(C(C)(C)C)cc23)c1.CC(C)(C)CC(C)(C)c1ccc(O)c(B2OC(C)(C)C(C)(C)O2)c1.CC(C)(C)c1ccc2c(Br)c3cc(C(C)(C)C)ccc3cc2c1.O=CO[O-].[CH2-]CCC.[CH2-]CCC.[CH2-]CCC.[CH3-].[H-].[Na+].[Na+].[Pd].[Pt]. The van der Waals surface area contributed by atoms with Gasteiger partial charge in [-0.2, -0.15) is 19.3 Å². The molecule has 1 fully saturated rings. The smallest absolute Gasteiger partial charge is 1.00 e. The molecule has 7 nitrogen and oxygen atoms in total. The van der Waals surface area contributed by atoms with Crippen molar-refractivity contribution in [2.24, 2.45) is 10.8 Å². The van der Waals surface area contributed by atoms with Gasteiger partial charge in [0.15, 0.2) is 0 Å². The number of hydrogen-bond acceptors (Lipinski definition) is 7. The van der Waals surface area contributed by atoms with Crippen LogP contribution in [0.5, 0.6) is 11.5 Å². The summed E-state index contributed by atoms with van der Waals surface area (Å²) in [5, 5.41) is 40.1. The van der Waals surface area contributed by atoms with Gasteiger partial charge < -0.3 is 59.3 Å². The van der Waals surface area contributed by atoms with Gasteiger partial charge in [-0.1, -0.05) is 279 Å². The molecule has 9 rings (SSSR count). The maximum absolute atomic E-state index is 11.3. The number of hydrogen-bond donors (Lipinski definition) is 2. The summed E-state index contributed by atoms with van der Waals surface area (Å²) in [6.45, 7) is 75.0. The number of rotatable bonds is 10. The van der Waals surface area contributed by atoms with E-state index in [0.29, 0.717) is 11.2 Å². The van der Waals surface area contributed by atoms with Crippen LogP contribution in [0.2, 0.25) is 0 Å². The summed E-state index contributed by atoms with van der Waals surface area (Å²) in [7, 11) is -0.541. The Kier molecular flexibility index (Phi) is 47.2. The van der Waals surface area contributed by atoms with E-state index in [1.807, 2.05) is 45.9 Å². The van der Waals surface area contributed by atoms with Crippen molar-refractivity contribution in [3.05, 3.63) is 187 Å². The molecule has 0 aliphatic carbocycles. The van der Waals surface area contributed by atoms with Crippen LogP contribution in [0.1, 0.15) is 294 Å². The second kappa shape index (κ2) is 45.5. The topological polar surface area (TPSA) is 108 Å². The number of phenols is 2. The molecule has 1 saturated heterocycles. The molecule has 590 valence electrons. The normalized spacial score (nSPS) is 13.2. The van der Waals surface area contributed by atoms with Gasteiger partial charge in [0.05, 0.1) is 11.2 Å². The fraction of sp³-hybridized carbons (Fsp3) is 0.516. The first-order valence-corrected chi connectivity index (χ1v) is 37.4. The zero-order valence-corrected chi connectivity index (χ0v) is 80.8. The van der Waals surface area contributed by atoms with Crippen molar-refractivity contribution < 1.29 is 136 Å². The summed E-state index contributed by atoms with van der Waals surface area (Å²) in [6.07, 6.45) is 8.94. The predicted molar refractivity (Wildman–Crippen MR) is 453 cm³/mol. The first kappa shape index (κ1) is 110. The van der Waals surface area contributed by atoms with Crippen LogP contribution in [0.15, 0.2) is 126 Å². The summed E-state index contributed by atoms with van der Waals surface area (Å²) in [4.78, 5) is 11.2. The second-order valence-corrected chi connectivity index (χ2v) is 37.1. The Balaban J connectivity index is -0.000000437. The Morgan fingerprint density at radius 1 is 0.472 bits per heavy atom. The van der Waals surface area contributed by atoms with Crippen molar-refractivity contribution >= 4 is 78.1 Å². The number of aromatic hydroxyl groups is 2. The molecule has 1 heterocycles. The third kappa shape index (κ3) is 32.3. The van der Waals surface area contributed by atoms with E-state index in [2.05, 4.69) is 312 Å². The Morgan fingerprint density at radius 2 is 0.774 bits per heavy atom. The van der Waals surface area contributed by atoms with Crippen LogP contribution < -0.4 is 69.8 Å².